The molecule has 0 atom stereocenters. The molecular formula is C10H10BrIO2. The van der Waals surface area contributed by atoms with E-state index in [0.717, 1.165) is 13.8 Å². The lowest BCUT2D eigenvalue weighted by molar-refractivity contribution is 0.101. The van der Waals surface area contributed by atoms with Gasteiger partial charge in [0, 0.05) is 5.56 Å². The van der Waals surface area contributed by atoms with Gasteiger partial charge in [-0.25, -0.2) is 0 Å². The Morgan fingerprint density at radius 2 is 2.21 bits per heavy atom. The maximum Gasteiger partial charge on any atom is 0.161 e. The lowest BCUT2D eigenvalue weighted by atomic mass is 10.1. The molecule has 1 aromatic rings. The van der Waals surface area contributed by atoms with Crippen LogP contribution >= 0.6 is 38.5 Å². The van der Waals surface area contributed by atoms with Crippen LogP contribution in [0.2, 0.25) is 0 Å². The quantitative estimate of drug-likeness (QED) is 0.601. The molecule has 1 aromatic carbocycles. The number of carbonyl (C=O) groups excluding carboxylic acids is 1. The molecule has 0 spiro atoms. The van der Waals surface area contributed by atoms with Gasteiger partial charge in [-0.2, -0.15) is 0 Å². The first-order chi connectivity index (χ1) is 6.57. The van der Waals surface area contributed by atoms with E-state index in [0.29, 0.717) is 12.2 Å². The van der Waals surface area contributed by atoms with E-state index in [4.69, 9.17) is 4.74 Å². The van der Waals surface area contributed by atoms with Gasteiger partial charge in [-0.05, 0) is 64.5 Å². The fourth-order valence-corrected chi connectivity index (χ4v) is 2.80. The van der Waals surface area contributed by atoms with Crippen molar-refractivity contribution in [2.24, 2.45) is 0 Å². The average Bonchev–Trinajstić information content (AvgIpc) is 2.11. The topological polar surface area (TPSA) is 26.3 Å². The summed E-state index contributed by atoms with van der Waals surface area (Å²) in [6.45, 7) is 4.06. The number of ketones is 1. The highest BCUT2D eigenvalue weighted by Gasteiger charge is 2.13. The maximum atomic E-state index is 11.2. The van der Waals surface area contributed by atoms with E-state index in [9.17, 15) is 4.79 Å². The molecule has 0 fully saturated rings. The van der Waals surface area contributed by atoms with Crippen molar-refractivity contribution in [3.63, 3.8) is 0 Å². The minimum absolute atomic E-state index is 0.0363. The lowest BCUT2D eigenvalue weighted by Gasteiger charge is -2.10. The predicted molar refractivity (Wildman–Crippen MR) is 68.0 cm³/mol. The largest absolute Gasteiger partial charge is 0.492 e. The van der Waals surface area contributed by atoms with E-state index >= 15 is 0 Å². The molecule has 0 aromatic heterocycles. The summed E-state index contributed by atoms with van der Waals surface area (Å²) in [5.74, 6) is 0.787. The summed E-state index contributed by atoms with van der Waals surface area (Å²) < 4.78 is 7.20. The van der Waals surface area contributed by atoms with Crippen molar-refractivity contribution < 1.29 is 9.53 Å². The van der Waals surface area contributed by atoms with E-state index in [1.807, 2.05) is 13.0 Å². The van der Waals surface area contributed by atoms with E-state index in [1.165, 1.54) is 0 Å². The fraction of sp³-hybridized carbons (Fsp3) is 0.300. The summed E-state index contributed by atoms with van der Waals surface area (Å²) in [5.41, 5.74) is 0.661. The monoisotopic (exact) mass is 368 g/mol. The predicted octanol–water partition coefficient (Wildman–Crippen LogP) is 3.66. The molecule has 0 heterocycles. The first-order valence-corrected chi connectivity index (χ1v) is 6.06. The van der Waals surface area contributed by atoms with Gasteiger partial charge >= 0.3 is 0 Å². The van der Waals surface area contributed by atoms with E-state index < -0.39 is 0 Å². The van der Waals surface area contributed by atoms with Crippen molar-refractivity contribution >= 4 is 44.3 Å². The van der Waals surface area contributed by atoms with Gasteiger partial charge in [0.25, 0.3) is 0 Å². The van der Waals surface area contributed by atoms with Crippen molar-refractivity contribution in [3.8, 4) is 5.75 Å². The Balaban J connectivity index is 3.26. The second-order valence-electron chi connectivity index (χ2n) is 2.73. The van der Waals surface area contributed by atoms with E-state index in [-0.39, 0.29) is 5.78 Å². The Morgan fingerprint density at radius 1 is 1.57 bits per heavy atom. The smallest absolute Gasteiger partial charge is 0.161 e. The molecule has 76 valence electrons. The minimum Gasteiger partial charge on any atom is -0.492 e. The van der Waals surface area contributed by atoms with Crippen LogP contribution in [0, 0.1) is 3.57 Å². The molecule has 4 heteroatoms. The molecule has 2 nitrogen and oxygen atoms in total. The molecule has 14 heavy (non-hydrogen) atoms. The van der Waals surface area contributed by atoms with Crippen LogP contribution in [0.4, 0.5) is 0 Å². The van der Waals surface area contributed by atoms with Gasteiger partial charge in [-0.3, -0.25) is 4.79 Å². The molecule has 0 unspecified atom stereocenters. The number of ether oxygens (including phenoxy) is 1. The molecule has 0 amide bonds. The lowest BCUT2D eigenvalue weighted by Crippen LogP contribution is -2.00. The first-order valence-electron chi connectivity index (χ1n) is 4.19. The molecular weight excluding hydrogens is 359 g/mol. The average molecular weight is 369 g/mol. The minimum atomic E-state index is 0.0363. The number of rotatable bonds is 3. The van der Waals surface area contributed by atoms with Crippen LogP contribution in [-0.2, 0) is 0 Å². The van der Waals surface area contributed by atoms with Crippen molar-refractivity contribution in [1.29, 1.82) is 0 Å². The van der Waals surface area contributed by atoms with Crippen molar-refractivity contribution in [2.75, 3.05) is 6.61 Å². The molecule has 0 aliphatic heterocycles. The number of hydrogen-bond donors (Lipinski definition) is 0. The van der Waals surface area contributed by atoms with Gasteiger partial charge in [-0.15, -0.1) is 0 Å². The van der Waals surface area contributed by atoms with Gasteiger partial charge in [0.1, 0.15) is 5.75 Å². The number of hydrogen-bond acceptors (Lipinski definition) is 2. The first kappa shape index (κ1) is 12.0. The Morgan fingerprint density at radius 3 is 2.71 bits per heavy atom. The van der Waals surface area contributed by atoms with E-state index in [2.05, 4.69) is 38.5 Å². The Kier molecular flexibility index (Phi) is 4.37. The van der Waals surface area contributed by atoms with Crippen LogP contribution in [0.1, 0.15) is 24.2 Å². The summed E-state index contributed by atoms with van der Waals surface area (Å²) in [7, 11) is 0. The highest BCUT2D eigenvalue weighted by molar-refractivity contribution is 14.1. The third kappa shape index (κ3) is 2.48. The number of halogens is 2. The van der Waals surface area contributed by atoms with Gasteiger partial charge in [0.15, 0.2) is 5.78 Å². The summed E-state index contributed by atoms with van der Waals surface area (Å²) in [6.07, 6.45) is 0. The molecule has 0 N–H and O–H groups in total. The zero-order valence-electron chi connectivity index (χ0n) is 7.93. The number of Topliss-reactive ketones (excluding diaryl/α,β-unsaturated/α-hetero) is 1. The van der Waals surface area contributed by atoms with Crippen LogP contribution in [0.5, 0.6) is 5.75 Å². The molecule has 0 bridgehead atoms. The van der Waals surface area contributed by atoms with Crippen LogP contribution < -0.4 is 4.74 Å². The van der Waals surface area contributed by atoms with E-state index in [1.54, 1.807) is 13.0 Å². The molecule has 0 aliphatic carbocycles. The summed E-state index contributed by atoms with van der Waals surface area (Å²) in [6, 6.07) is 3.68. The number of benzene rings is 1. The number of carbonyl (C=O) groups is 1. The van der Waals surface area contributed by atoms with Gasteiger partial charge in [-0.1, -0.05) is 0 Å². The van der Waals surface area contributed by atoms with Crippen LogP contribution in [0.25, 0.3) is 0 Å². The summed E-state index contributed by atoms with van der Waals surface area (Å²) in [5, 5.41) is 0. The van der Waals surface area contributed by atoms with Crippen LogP contribution in [-0.4, -0.2) is 12.4 Å². The third-order valence-corrected chi connectivity index (χ3v) is 3.35. The Labute approximate surface area is 105 Å². The van der Waals surface area contributed by atoms with Gasteiger partial charge < -0.3 is 4.74 Å². The normalized spacial score (nSPS) is 10.0. The van der Waals surface area contributed by atoms with Crippen LogP contribution in [0.3, 0.4) is 0 Å². The molecule has 0 radical (unpaired) electrons. The highest BCUT2D eigenvalue weighted by atomic mass is 127. The van der Waals surface area contributed by atoms with Gasteiger partial charge in [0.05, 0.1) is 14.6 Å². The summed E-state index contributed by atoms with van der Waals surface area (Å²) in [4.78, 5) is 11.2. The maximum absolute atomic E-state index is 11.2. The molecule has 1 rings (SSSR count). The Bertz CT molecular complexity index is 363. The van der Waals surface area contributed by atoms with Crippen molar-refractivity contribution in [2.45, 2.75) is 13.8 Å². The zero-order chi connectivity index (χ0) is 10.7. The standard InChI is InChI=1S/C10H10BrIO2/c1-3-14-10-8(12)5-4-7(6(2)13)9(10)11/h4-5H,3H2,1-2H3. The zero-order valence-corrected chi connectivity index (χ0v) is 11.7. The molecule has 0 saturated heterocycles. The Hall–Kier alpha value is -0.100. The van der Waals surface area contributed by atoms with Crippen LogP contribution in [0.15, 0.2) is 16.6 Å². The second-order valence-corrected chi connectivity index (χ2v) is 4.68. The van der Waals surface area contributed by atoms with Crippen molar-refractivity contribution in [1.82, 2.24) is 0 Å². The van der Waals surface area contributed by atoms with Crippen molar-refractivity contribution in [3.05, 3.63) is 25.7 Å². The summed E-state index contributed by atoms with van der Waals surface area (Å²) >= 11 is 5.57. The second kappa shape index (κ2) is 5.11. The third-order valence-electron chi connectivity index (χ3n) is 1.72. The van der Waals surface area contributed by atoms with Gasteiger partial charge in [0.2, 0.25) is 0 Å². The SMILES string of the molecule is CCOc1c(I)ccc(C(C)=O)c1Br. The molecule has 0 aliphatic rings. The molecule has 0 saturated carbocycles. The highest BCUT2D eigenvalue weighted by Crippen LogP contribution is 2.33. The fourth-order valence-electron chi connectivity index (χ4n) is 1.08.